The van der Waals surface area contributed by atoms with Gasteiger partial charge in [0.15, 0.2) is 5.03 Å². The number of hydrogen-bond donors (Lipinski definition) is 2. The number of aromatic nitrogens is 3. The number of ether oxygens (including phenoxy) is 3. The normalized spacial score (nSPS) is 11.4. The molecule has 0 fully saturated rings. The van der Waals surface area contributed by atoms with Crippen LogP contribution >= 0.6 is 0 Å². The second-order valence-electron chi connectivity index (χ2n) is 5.36. The number of hydrogen-bond acceptors (Lipinski definition) is 10. The van der Waals surface area contributed by atoms with Gasteiger partial charge in [0, 0.05) is 6.20 Å². The number of alkyl halides is 3. The monoisotopic (exact) mass is 465 g/mol. The molecule has 0 atom stereocenters. The van der Waals surface area contributed by atoms with Crippen molar-refractivity contribution in [2.75, 3.05) is 26.6 Å². The smallest absolute Gasteiger partial charge is 0.417 e. The van der Waals surface area contributed by atoms with Crippen LogP contribution in [0.1, 0.15) is 15.9 Å². The summed E-state index contributed by atoms with van der Waals surface area (Å²) in [4.78, 5) is 34.7. The van der Waals surface area contributed by atoms with Gasteiger partial charge in [-0.2, -0.15) is 31.6 Å². The number of anilines is 1. The van der Waals surface area contributed by atoms with Crippen molar-refractivity contribution in [2.24, 2.45) is 0 Å². The fraction of sp³-hybridized carbons (Fsp3) is 0.267. The zero-order chi connectivity index (χ0) is 23.4. The Morgan fingerprint density at radius 3 is 2.13 bits per heavy atom. The first-order chi connectivity index (χ1) is 14.4. The van der Waals surface area contributed by atoms with E-state index in [0.29, 0.717) is 12.3 Å². The van der Waals surface area contributed by atoms with Crippen molar-refractivity contribution >= 4 is 28.0 Å². The third-order valence-corrected chi connectivity index (χ3v) is 4.69. The van der Waals surface area contributed by atoms with E-state index in [0.717, 1.165) is 7.11 Å². The predicted molar refractivity (Wildman–Crippen MR) is 95.1 cm³/mol. The lowest BCUT2D eigenvalue weighted by Gasteiger charge is -2.15. The lowest BCUT2D eigenvalue weighted by molar-refractivity contribution is -0.138. The lowest BCUT2D eigenvalue weighted by atomic mass is 10.1. The summed E-state index contributed by atoms with van der Waals surface area (Å²) in [5.41, 5.74) is -3.01. The first-order valence-electron chi connectivity index (χ1n) is 7.88. The maximum absolute atomic E-state index is 13.2. The number of rotatable bonds is 6. The predicted octanol–water partition coefficient (Wildman–Crippen LogP) is 1.20. The number of nitrogens with one attached hydrogen (secondary N) is 2. The van der Waals surface area contributed by atoms with Crippen LogP contribution in [0.15, 0.2) is 23.4 Å². The van der Waals surface area contributed by atoms with Crippen LogP contribution < -0.4 is 19.5 Å². The minimum Gasteiger partial charge on any atom is -0.481 e. The second-order valence-corrected chi connectivity index (χ2v) is 6.96. The van der Waals surface area contributed by atoms with Crippen LogP contribution in [0.25, 0.3) is 0 Å². The third-order valence-electron chi connectivity index (χ3n) is 3.42. The molecule has 0 saturated heterocycles. The van der Waals surface area contributed by atoms with Gasteiger partial charge in [0.1, 0.15) is 5.56 Å². The standard InChI is InChI=1S/C15H14F3N5O7S/c1-28-8-6-9(29-2)21-13(20-8)22-14(25)23-31(26,27)11-10(12(24)30-3)7(4-5-19-11)15(16,17)18/h4-6H,1-3H3,(H2,20,21,22,23,25). The molecule has 0 aliphatic rings. The maximum Gasteiger partial charge on any atom is 0.417 e. The van der Waals surface area contributed by atoms with Crippen molar-refractivity contribution in [3.63, 3.8) is 0 Å². The highest BCUT2D eigenvalue weighted by atomic mass is 32.2. The number of esters is 1. The highest BCUT2D eigenvalue weighted by Gasteiger charge is 2.40. The summed E-state index contributed by atoms with van der Waals surface area (Å²) in [7, 11) is -1.81. The average molecular weight is 465 g/mol. The Labute approximate surface area is 172 Å². The molecule has 0 bridgehead atoms. The molecule has 16 heteroatoms. The van der Waals surface area contributed by atoms with Crippen LogP contribution in [0, 0.1) is 0 Å². The summed E-state index contributed by atoms with van der Waals surface area (Å²) < 4.78 is 80.1. The molecule has 0 aromatic carbocycles. The Kier molecular flexibility index (Phi) is 6.84. The number of methoxy groups -OCH3 is 3. The molecule has 168 valence electrons. The number of halogens is 3. The lowest BCUT2D eigenvalue weighted by Crippen LogP contribution is -2.36. The molecule has 2 rings (SSSR count). The van der Waals surface area contributed by atoms with Gasteiger partial charge in [-0.1, -0.05) is 0 Å². The molecule has 31 heavy (non-hydrogen) atoms. The van der Waals surface area contributed by atoms with E-state index in [1.807, 2.05) is 5.32 Å². The number of amides is 2. The van der Waals surface area contributed by atoms with Gasteiger partial charge in [-0.25, -0.2) is 19.3 Å². The van der Waals surface area contributed by atoms with Gasteiger partial charge in [-0.3, -0.25) is 5.32 Å². The van der Waals surface area contributed by atoms with Crippen LogP contribution in [-0.4, -0.2) is 56.7 Å². The topological polar surface area (TPSA) is 159 Å². The number of carbonyl (C=O) groups is 2. The molecular weight excluding hydrogens is 451 g/mol. The van der Waals surface area contributed by atoms with E-state index >= 15 is 0 Å². The fourth-order valence-electron chi connectivity index (χ4n) is 2.15. The fourth-order valence-corrected chi connectivity index (χ4v) is 3.20. The molecule has 0 saturated carbocycles. The third kappa shape index (κ3) is 5.47. The Hall–Kier alpha value is -3.69. The van der Waals surface area contributed by atoms with E-state index in [4.69, 9.17) is 9.47 Å². The molecule has 2 heterocycles. The Bertz CT molecular complexity index is 1090. The van der Waals surface area contributed by atoms with Crippen LogP contribution in [0.2, 0.25) is 0 Å². The second kappa shape index (κ2) is 8.99. The van der Waals surface area contributed by atoms with Crippen LogP contribution in [0.5, 0.6) is 11.8 Å². The Morgan fingerprint density at radius 2 is 1.65 bits per heavy atom. The van der Waals surface area contributed by atoms with E-state index < -0.39 is 50.3 Å². The van der Waals surface area contributed by atoms with E-state index in [9.17, 15) is 31.2 Å². The number of carbonyl (C=O) groups excluding carboxylic acids is 2. The number of pyridine rings is 1. The molecule has 0 spiro atoms. The Balaban J connectivity index is 2.41. The summed E-state index contributed by atoms with van der Waals surface area (Å²) in [5.74, 6) is -2.16. The molecule has 2 aromatic heterocycles. The van der Waals surface area contributed by atoms with E-state index in [-0.39, 0.29) is 11.8 Å². The highest BCUT2D eigenvalue weighted by molar-refractivity contribution is 7.90. The molecule has 12 nitrogen and oxygen atoms in total. The van der Waals surface area contributed by atoms with E-state index in [1.165, 1.54) is 25.0 Å². The molecular formula is C15H14F3N5O7S. The van der Waals surface area contributed by atoms with Crippen LogP contribution in [0.4, 0.5) is 23.9 Å². The maximum atomic E-state index is 13.2. The van der Waals surface area contributed by atoms with Crippen molar-refractivity contribution < 1.29 is 45.4 Å². The van der Waals surface area contributed by atoms with Crippen molar-refractivity contribution in [3.05, 3.63) is 29.5 Å². The Morgan fingerprint density at radius 1 is 1.06 bits per heavy atom. The van der Waals surface area contributed by atoms with Gasteiger partial charge in [0.2, 0.25) is 17.7 Å². The highest BCUT2D eigenvalue weighted by Crippen LogP contribution is 2.34. The summed E-state index contributed by atoms with van der Waals surface area (Å²) in [6.07, 6.45) is -4.60. The zero-order valence-corrected chi connectivity index (χ0v) is 16.8. The average Bonchev–Trinajstić information content (AvgIpc) is 2.70. The molecule has 0 radical (unpaired) electrons. The summed E-state index contributed by atoms with van der Waals surface area (Å²) in [6, 6.07) is 0.182. The van der Waals surface area contributed by atoms with Gasteiger partial charge in [-0.15, -0.1) is 0 Å². The quantitative estimate of drug-likeness (QED) is 0.594. The largest absolute Gasteiger partial charge is 0.481 e. The SMILES string of the molecule is COC(=O)c1c(C(F)(F)F)ccnc1S(=O)(=O)NC(=O)Nc1nc(OC)cc(OC)n1. The molecule has 0 unspecified atom stereocenters. The summed E-state index contributed by atoms with van der Waals surface area (Å²) >= 11 is 0. The van der Waals surface area contributed by atoms with Crippen molar-refractivity contribution in [1.82, 2.24) is 19.7 Å². The van der Waals surface area contributed by atoms with Gasteiger partial charge in [0.05, 0.1) is 33.0 Å². The molecule has 0 aliphatic carbocycles. The number of nitrogens with zero attached hydrogens (tertiary/aromatic N) is 3. The summed E-state index contributed by atoms with van der Waals surface area (Å²) in [5, 5.41) is 0.580. The molecule has 2 amide bonds. The first kappa shape index (κ1) is 23.6. The van der Waals surface area contributed by atoms with E-state index in [1.54, 1.807) is 0 Å². The van der Waals surface area contributed by atoms with Gasteiger partial charge in [0.25, 0.3) is 10.0 Å². The first-order valence-corrected chi connectivity index (χ1v) is 9.36. The minimum absolute atomic E-state index is 0.0440. The minimum atomic E-state index is -5.11. The van der Waals surface area contributed by atoms with E-state index in [2.05, 4.69) is 19.7 Å². The molecule has 0 aliphatic heterocycles. The molecule has 2 aromatic rings. The van der Waals surface area contributed by atoms with Crippen molar-refractivity contribution in [3.8, 4) is 11.8 Å². The van der Waals surface area contributed by atoms with Gasteiger partial charge >= 0.3 is 18.2 Å². The molecule has 2 N–H and O–H groups in total. The summed E-state index contributed by atoms with van der Waals surface area (Å²) in [6.45, 7) is 0. The van der Waals surface area contributed by atoms with Gasteiger partial charge in [-0.05, 0) is 6.07 Å². The zero-order valence-electron chi connectivity index (χ0n) is 16.0. The number of sulfonamides is 1. The van der Waals surface area contributed by atoms with Crippen LogP contribution in [-0.2, 0) is 20.9 Å². The van der Waals surface area contributed by atoms with Gasteiger partial charge < -0.3 is 14.2 Å². The van der Waals surface area contributed by atoms with Crippen molar-refractivity contribution in [1.29, 1.82) is 0 Å². The van der Waals surface area contributed by atoms with Crippen molar-refractivity contribution in [2.45, 2.75) is 11.2 Å². The van der Waals surface area contributed by atoms with Crippen LogP contribution in [0.3, 0.4) is 0 Å². The number of urea groups is 1.